The first-order valence-electron chi connectivity index (χ1n) is 3.40. The molecule has 6 heteroatoms. The molecule has 0 nitrogen and oxygen atoms in total. The first-order valence-corrected chi connectivity index (χ1v) is 13.8. The van der Waals surface area contributed by atoms with Crippen LogP contribution in [0.2, 0.25) is 1.45 Å². The van der Waals surface area contributed by atoms with Crippen LogP contribution in [0.4, 0.5) is 0 Å². The van der Waals surface area contributed by atoms with E-state index in [1.165, 1.54) is 0 Å². The molecule has 0 aromatic rings. The molecule has 0 aromatic carbocycles. The Kier molecular flexibility index (Phi) is 7.85. The Hall–Kier alpha value is 2.76. The minimum absolute atomic E-state index is 0.0735. The predicted molar refractivity (Wildman–Crippen MR) is 62.1 cm³/mol. The summed E-state index contributed by atoms with van der Waals surface area (Å²) < 4.78 is 0.289. The first kappa shape index (κ1) is 13.8. The van der Waals surface area contributed by atoms with Crippen molar-refractivity contribution < 1.29 is 0 Å². The molecule has 0 spiro atoms. The Morgan fingerprint density at radius 3 is 1.36 bits per heavy atom. The maximum atomic E-state index is 5.75. The molecule has 0 aliphatic rings. The van der Waals surface area contributed by atoms with Gasteiger partial charge in [0.1, 0.15) is 0 Å². The van der Waals surface area contributed by atoms with Gasteiger partial charge in [-0.2, -0.15) is 0 Å². The molecule has 0 atom stereocenters. The van der Waals surface area contributed by atoms with E-state index in [0.29, 0.717) is 1.45 Å². The molecule has 0 saturated carbocycles. The number of rotatable bonds is 4. The number of hydrogen-bond donors (Lipinski definition) is 0. The van der Waals surface area contributed by atoms with Crippen LogP contribution in [0, 0.1) is 0 Å². The van der Waals surface area contributed by atoms with Crippen molar-refractivity contribution in [3.05, 3.63) is 0 Å². The van der Waals surface area contributed by atoms with E-state index in [1.54, 1.807) is 0 Å². The normalized spacial score (nSPS) is 15.3. The number of halogens is 4. The third kappa shape index (κ3) is 9.07. The molecule has 0 heterocycles. The van der Waals surface area contributed by atoms with E-state index in [0.717, 1.165) is 0 Å². The molecule has 0 amide bonds. The van der Waals surface area contributed by atoms with Gasteiger partial charge < -0.3 is 0 Å². The average Bonchev–Trinajstić information content (AvgIpc) is 1.53. The van der Waals surface area contributed by atoms with Crippen LogP contribution in [-0.2, 0) is 0 Å². The van der Waals surface area contributed by atoms with E-state index in [4.69, 9.17) is 46.4 Å². The molecule has 11 heavy (non-hydrogen) atoms. The number of alkyl halides is 4. The molecule has 0 unspecified atom stereocenters. The summed E-state index contributed by atoms with van der Waals surface area (Å²) in [6.07, 6.45) is 0. The van der Waals surface area contributed by atoms with E-state index in [9.17, 15) is 0 Å². The average molecular weight is 451 g/mol. The minimum atomic E-state index is -1.04. The van der Waals surface area contributed by atoms with Gasteiger partial charge in [0.15, 0.2) is 0 Å². The summed E-state index contributed by atoms with van der Waals surface area (Å²) in [5.74, 6) is 0. The zero-order valence-corrected chi connectivity index (χ0v) is 17.7. The molecule has 0 bridgehead atoms. The quantitative estimate of drug-likeness (QED) is 0.453. The topological polar surface area (TPSA) is 0 Å². The van der Waals surface area contributed by atoms with Gasteiger partial charge in [0, 0.05) is 0 Å². The Balaban J connectivity index is 3.79. The maximum absolute atomic E-state index is 5.75. The summed E-state index contributed by atoms with van der Waals surface area (Å²) in [7, 11) is 0. The zero-order valence-electron chi connectivity index (χ0n) is 6.58. The summed E-state index contributed by atoms with van der Waals surface area (Å²) in [6, 6.07) is 0. The molecular weight excluding hydrogens is 439 g/mol. The van der Waals surface area contributed by atoms with Gasteiger partial charge in [-0.15, -0.1) is 0 Å². The van der Waals surface area contributed by atoms with Crippen molar-refractivity contribution in [2.45, 2.75) is 21.0 Å². The van der Waals surface area contributed by atoms with Crippen molar-refractivity contribution in [2.75, 3.05) is 0 Å². The van der Waals surface area contributed by atoms with Crippen LogP contribution < -0.4 is 0 Å². The van der Waals surface area contributed by atoms with Crippen molar-refractivity contribution in [2.24, 2.45) is 0 Å². The van der Waals surface area contributed by atoms with Crippen LogP contribution in [-0.4, -0.2) is 48.0 Å². The van der Waals surface area contributed by atoms with E-state index in [-0.39, 0.29) is 5.70 Å². The fourth-order valence-corrected chi connectivity index (χ4v) is 45.6. The summed E-state index contributed by atoms with van der Waals surface area (Å²) >= 11 is 20.9. The summed E-state index contributed by atoms with van der Waals surface area (Å²) in [6.45, 7) is 4.46. The van der Waals surface area contributed by atoms with Crippen molar-refractivity contribution in [1.29, 1.82) is 0 Å². The second-order valence-corrected chi connectivity index (χ2v) is 37.9. The molecule has 0 fully saturated rings. The third-order valence-electron chi connectivity index (χ3n) is 1.41. The van der Waals surface area contributed by atoms with Gasteiger partial charge in [-0.25, -0.2) is 0 Å². The van der Waals surface area contributed by atoms with Gasteiger partial charge in [0.25, 0.3) is 0 Å². The van der Waals surface area contributed by atoms with Gasteiger partial charge in [-0.3, -0.25) is 0 Å². The van der Waals surface area contributed by atoms with E-state index >= 15 is 0 Å². The molecule has 0 saturated heterocycles. The van der Waals surface area contributed by atoms with Crippen LogP contribution in [0.1, 0.15) is 13.8 Å². The second-order valence-electron chi connectivity index (χ2n) is 3.35. The second kappa shape index (κ2) is 6.28. The standard InChI is InChI=1S/C3H6.2CHCl2.2Sn.4H/c1-3-2;2*2-1-3;;;;;;/h1-2H3;2*1H;;;;;;. The summed E-state index contributed by atoms with van der Waals surface area (Å²) in [4.78, 5) is 0. The van der Waals surface area contributed by atoms with Crippen molar-refractivity contribution >= 4 is 88.7 Å². The Morgan fingerprint density at radius 2 is 1.18 bits per heavy atom. The van der Waals surface area contributed by atoms with Gasteiger partial charge >= 0.3 is 110 Å². The van der Waals surface area contributed by atoms with Crippen LogP contribution in [0.15, 0.2) is 0 Å². The van der Waals surface area contributed by atoms with Crippen molar-refractivity contribution in [1.82, 2.24) is 0 Å². The molecule has 0 aliphatic carbocycles. The molecule has 68 valence electrons. The molecule has 0 N–H and O–H groups in total. The SMILES string of the molecule is C[C](C)([SnH2][CH](Cl)Cl)[SnH2][CH](Cl)Cl. The Bertz CT molecular complexity index is 103. The predicted octanol–water partition coefficient (Wildman–Crippen LogP) is 2.00. The first-order chi connectivity index (χ1) is 4.83. The Morgan fingerprint density at radius 1 is 0.909 bits per heavy atom. The van der Waals surface area contributed by atoms with E-state index < -0.39 is 42.3 Å². The third-order valence-corrected chi connectivity index (χ3v) is 24.7. The summed E-state index contributed by atoms with van der Waals surface area (Å²) in [5, 5.41) is 0. The van der Waals surface area contributed by atoms with Crippen LogP contribution in [0.25, 0.3) is 0 Å². The Labute approximate surface area is 108 Å². The molecule has 0 aromatic heterocycles. The van der Waals surface area contributed by atoms with E-state index in [2.05, 4.69) is 13.8 Å². The van der Waals surface area contributed by atoms with Gasteiger partial charge in [0.2, 0.25) is 0 Å². The van der Waals surface area contributed by atoms with Gasteiger partial charge in [-0.05, 0) is 0 Å². The molecule has 0 aliphatic heterocycles. The van der Waals surface area contributed by atoms with E-state index in [1.807, 2.05) is 0 Å². The monoisotopic (exact) mass is 452 g/mol. The molecule has 0 rings (SSSR count). The van der Waals surface area contributed by atoms with Crippen LogP contribution in [0.3, 0.4) is 0 Å². The van der Waals surface area contributed by atoms with Crippen molar-refractivity contribution in [3.63, 3.8) is 0 Å². The van der Waals surface area contributed by atoms with Gasteiger partial charge in [-0.1, -0.05) is 0 Å². The van der Waals surface area contributed by atoms with Crippen molar-refractivity contribution in [3.8, 4) is 0 Å². The van der Waals surface area contributed by atoms with Crippen LogP contribution >= 0.6 is 46.4 Å². The fourth-order valence-electron chi connectivity index (χ4n) is 0.919. The molecule has 0 radical (unpaired) electrons. The molecular formula is C5H12Cl4Sn2. The fraction of sp³-hybridized carbons (Fsp3) is 1.00. The summed E-state index contributed by atoms with van der Waals surface area (Å²) in [5.41, 5.74) is 0. The zero-order chi connectivity index (χ0) is 9.07. The number of hydrogen-bond acceptors (Lipinski definition) is 0. The van der Waals surface area contributed by atoms with Gasteiger partial charge in [0.05, 0.1) is 0 Å². The van der Waals surface area contributed by atoms with Crippen LogP contribution in [0.5, 0.6) is 0 Å².